The molecule has 8 nitrogen and oxygen atoms in total. The number of aromatic nitrogens is 4. The van der Waals surface area contributed by atoms with Crippen LogP contribution in [0.4, 0.5) is 9.18 Å². The molecule has 1 saturated carbocycles. The quantitative estimate of drug-likeness (QED) is 0.661. The molecule has 3 aromatic rings. The monoisotopic (exact) mass is 397 g/mol. The molecular formula is C20H20FN5O3. The van der Waals surface area contributed by atoms with E-state index in [1.807, 2.05) is 6.92 Å². The van der Waals surface area contributed by atoms with Gasteiger partial charge in [0.1, 0.15) is 23.1 Å². The van der Waals surface area contributed by atoms with Crippen LogP contribution in [0.25, 0.3) is 17.2 Å². The van der Waals surface area contributed by atoms with Crippen LogP contribution in [0.2, 0.25) is 0 Å². The number of carboxylic acid groups (broad SMARTS) is 1. The van der Waals surface area contributed by atoms with E-state index in [1.165, 1.54) is 6.07 Å². The largest absolute Gasteiger partial charge is 0.492 e. The van der Waals surface area contributed by atoms with Gasteiger partial charge in [0.25, 0.3) is 0 Å². The molecular weight excluding hydrogens is 377 g/mol. The fourth-order valence-corrected chi connectivity index (χ4v) is 3.48. The summed E-state index contributed by atoms with van der Waals surface area (Å²) in [5.74, 6) is 1.21. The van der Waals surface area contributed by atoms with Gasteiger partial charge in [0.05, 0.1) is 18.5 Å². The number of nitrogens with one attached hydrogen (secondary N) is 1. The number of ether oxygens (including phenoxy) is 1. The number of carbonyl (C=O) groups is 1. The SMILES string of the molecule is CCOc1ccc(-c2nnc(C3CC(NC(=O)O)C3)n2-c2ccccc2F)nc1. The second-order valence-electron chi connectivity index (χ2n) is 6.80. The Balaban J connectivity index is 1.72. The Morgan fingerprint density at radius 2 is 2.07 bits per heavy atom. The van der Waals surface area contributed by atoms with Crippen molar-refractivity contribution in [3.05, 3.63) is 54.2 Å². The Morgan fingerprint density at radius 1 is 1.28 bits per heavy atom. The predicted molar refractivity (Wildman–Crippen MR) is 103 cm³/mol. The molecule has 0 spiro atoms. The number of pyridine rings is 1. The first kappa shape index (κ1) is 18.9. The third kappa shape index (κ3) is 3.75. The highest BCUT2D eigenvalue weighted by atomic mass is 19.1. The van der Waals surface area contributed by atoms with Gasteiger partial charge < -0.3 is 15.2 Å². The molecule has 1 fully saturated rings. The maximum atomic E-state index is 14.6. The fraction of sp³-hybridized carbons (Fsp3) is 0.300. The summed E-state index contributed by atoms with van der Waals surface area (Å²) >= 11 is 0. The molecule has 4 rings (SSSR count). The summed E-state index contributed by atoms with van der Waals surface area (Å²) in [6, 6.07) is 9.79. The van der Waals surface area contributed by atoms with E-state index >= 15 is 0 Å². The molecule has 2 N–H and O–H groups in total. The minimum absolute atomic E-state index is 0.0320. The van der Waals surface area contributed by atoms with Gasteiger partial charge in [-0.3, -0.25) is 4.57 Å². The molecule has 0 aliphatic heterocycles. The number of rotatable bonds is 6. The highest BCUT2D eigenvalue weighted by Crippen LogP contribution is 2.38. The number of hydrogen-bond donors (Lipinski definition) is 2. The lowest BCUT2D eigenvalue weighted by atomic mass is 9.79. The fourth-order valence-electron chi connectivity index (χ4n) is 3.48. The number of amides is 1. The van der Waals surface area contributed by atoms with Gasteiger partial charge in [0, 0.05) is 12.0 Å². The second-order valence-corrected chi connectivity index (χ2v) is 6.80. The van der Waals surface area contributed by atoms with Crippen LogP contribution in [-0.4, -0.2) is 43.6 Å². The molecule has 9 heteroatoms. The Morgan fingerprint density at radius 3 is 2.72 bits per heavy atom. The van der Waals surface area contributed by atoms with E-state index in [4.69, 9.17) is 9.84 Å². The summed E-state index contributed by atoms with van der Waals surface area (Å²) in [5.41, 5.74) is 0.864. The average Bonchev–Trinajstić information content (AvgIpc) is 3.09. The van der Waals surface area contributed by atoms with Crippen molar-refractivity contribution in [3.63, 3.8) is 0 Å². The molecule has 1 aliphatic rings. The van der Waals surface area contributed by atoms with Crippen molar-refractivity contribution in [2.75, 3.05) is 6.61 Å². The van der Waals surface area contributed by atoms with Gasteiger partial charge in [-0.15, -0.1) is 10.2 Å². The van der Waals surface area contributed by atoms with Crippen LogP contribution in [0.5, 0.6) is 5.75 Å². The molecule has 2 heterocycles. The summed E-state index contributed by atoms with van der Waals surface area (Å²) in [6.07, 6.45) is 1.70. The first-order valence-corrected chi connectivity index (χ1v) is 9.35. The van der Waals surface area contributed by atoms with Crippen molar-refractivity contribution in [2.45, 2.75) is 31.7 Å². The summed E-state index contributed by atoms with van der Waals surface area (Å²) in [7, 11) is 0. The lowest BCUT2D eigenvalue weighted by molar-refractivity contribution is 0.176. The van der Waals surface area contributed by atoms with Crippen molar-refractivity contribution in [2.24, 2.45) is 0 Å². The lowest BCUT2D eigenvalue weighted by Gasteiger charge is -2.34. The molecule has 1 aliphatic carbocycles. The zero-order valence-electron chi connectivity index (χ0n) is 15.7. The smallest absolute Gasteiger partial charge is 0.404 e. The van der Waals surface area contributed by atoms with Crippen LogP contribution in [0.15, 0.2) is 42.6 Å². The second kappa shape index (κ2) is 7.86. The van der Waals surface area contributed by atoms with Crippen LogP contribution < -0.4 is 10.1 Å². The normalized spacial score (nSPS) is 18.1. The zero-order valence-corrected chi connectivity index (χ0v) is 15.7. The highest BCUT2D eigenvalue weighted by Gasteiger charge is 2.36. The van der Waals surface area contributed by atoms with Crippen molar-refractivity contribution in [1.82, 2.24) is 25.1 Å². The summed E-state index contributed by atoms with van der Waals surface area (Å²) in [5, 5.41) is 19.9. The van der Waals surface area contributed by atoms with E-state index < -0.39 is 11.9 Å². The van der Waals surface area contributed by atoms with Gasteiger partial charge in [0.15, 0.2) is 5.82 Å². The third-order valence-corrected chi connectivity index (χ3v) is 4.89. The van der Waals surface area contributed by atoms with Gasteiger partial charge in [0.2, 0.25) is 0 Å². The molecule has 1 amide bonds. The van der Waals surface area contributed by atoms with Gasteiger partial charge in [-0.25, -0.2) is 14.2 Å². The van der Waals surface area contributed by atoms with Crippen molar-refractivity contribution in [1.29, 1.82) is 0 Å². The van der Waals surface area contributed by atoms with E-state index in [1.54, 1.807) is 41.1 Å². The van der Waals surface area contributed by atoms with E-state index in [2.05, 4.69) is 20.5 Å². The molecule has 2 aromatic heterocycles. The first-order valence-electron chi connectivity index (χ1n) is 9.35. The van der Waals surface area contributed by atoms with Gasteiger partial charge in [-0.1, -0.05) is 12.1 Å². The number of hydrogen-bond acceptors (Lipinski definition) is 5. The Kier molecular flexibility index (Phi) is 5.11. The van der Waals surface area contributed by atoms with E-state index in [9.17, 15) is 9.18 Å². The van der Waals surface area contributed by atoms with E-state index in [0.717, 1.165) is 0 Å². The number of para-hydroxylation sites is 1. The standard InChI is InChI=1S/C20H20FN5O3/c1-2-29-14-7-8-16(22-11-14)19-25-24-18(12-9-13(10-12)23-20(27)28)26(19)17-6-4-3-5-15(17)21/h3-8,11-13,23H,2,9-10H2,1H3,(H,27,28). The molecule has 0 unspecified atom stereocenters. The Bertz CT molecular complexity index is 1020. The molecule has 1 aromatic carbocycles. The summed E-state index contributed by atoms with van der Waals surface area (Å²) in [4.78, 5) is 15.2. The minimum Gasteiger partial charge on any atom is -0.492 e. The Labute approximate surface area is 166 Å². The number of nitrogens with zero attached hydrogens (tertiary/aromatic N) is 4. The third-order valence-electron chi connectivity index (χ3n) is 4.89. The number of halogens is 1. The van der Waals surface area contributed by atoms with Crippen molar-refractivity contribution < 1.29 is 19.0 Å². The van der Waals surface area contributed by atoms with Gasteiger partial charge in [-0.05, 0) is 44.0 Å². The summed E-state index contributed by atoms with van der Waals surface area (Å²) < 4.78 is 21.7. The Hall–Kier alpha value is -3.49. The topological polar surface area (TPSA) is 102 Å². The first-order chi connectivity index (χ1) is 14.1. The van der Waals surface area contributed by atoms with Crippen LogP contribution in [0.3, 0.4) is 0 Å². The molecule has 150 valence electrons. The molecule has 0 radical (unpaired) electrons. The van der Waals surface area contributed by atoms with Gasteiger partial charge in [-0.2, -0.15) is 0 Å². The van der Waals surface area contributed by atoms with Crippen LogP contribution in [0, 0.1) is 5.82 Å². The summed E-state index contributed by atoms with van der Waals surface area (Å²) in [6.45, 7) is 2.42. The van der Waals surface area contributed by atoms with Crippen molar-refractivity contribution in [3.8, 4) is 23.0 Å². The molecule has 0 bridgehead atoms. The van der Waals surface area contributed by atoms with E-state index in [-0.39, 0.29) is 12.0 Å². The highest BCUT2D eigenvalue weighted by molar-refractivity contribution is 5.65. The maximum Gasteiger partial charge on any atom is 0.404 e. The van der Waals surface area contributed by atoms with Crippen molar-refractivity contribution >= 4 is 6.09 Å². The van der Waals surface area contributed by atoms with Gasteiger partial charge >= 0.3 is 6.09 Å². The predicted octanol–water partition coefficient (Wildman–Crippen LogP) is 3.38. The number of benzene rings is 1. The zero-order chi connectivity index (χ0) is 20.4. The van der Waals surface area contributed by atoms with Crippen LogP contribution in [0.1, 0.15) is 31.5 Å². The average molecular weight is 397 g/mol. The van der Waals surface area contributed by atoms with E-state index in [0.29, 0.717) is 48.2 Å². The molecule has 0 saturated heterocycles. The minimum atomic E-state index is -1.05. The van der Waals surface area contributed by atoms with Crippen LogP contribution >= 0.6 is 0 Å². The lowest BCUT2D eigenvalue weighted by Crippen LogP contribution is -2.43. The van der Waals surface area contributed by atoms with Crippen LogP contribution in [-0.2, 0) is 0 Å². The maximum absolute atomic E-state index is 14.6. The molecule has 29 heavy (non-hydrogen) atoms. The molecule has 0 atom stereocenters.